The number of nitrogens with zero attached hydrogens (tertiary/aromatic N) is 1. The summed E-state index contributed by atoms with van der Waals surface area (Å²) in [4.78, 5) is 16.3. The molecule has 0 spiro atoms. The van der Waals surface area contributed by atoms with E-state index in [2.05, 4.69) is 10.3 Å². The molecular formula is C20H15F3N2O2. The van der Waals surface area contributed by atoms with Crippen LogP contribution in [0.15, 0.2) is 72.9 Å². The van der Waals surface area contributed by atoms with Crippen molar-refractivity contribution in [2.75, 3.05) is 5.32 Å². The van der Waals surface area contributed by atoms with Crippen molar-refractivity contribution >= 4 is 11.6 Å². The molecule has 0 bridgehead atoms. The Morgan fingerprint density at radius 1 is 1.00 bits per heavy atom. The summed E-state index contributed by atoms with van der Waals surface area (Å²) in [5.41, 5.74) is 0.0866. The summed E-state index contributed by atoms with van der Waals surface area (Å²) in [5.74, 6) is 0.156. The second kappa shape index (κ2) is 7.90. The second-order valence-corrected chi connectivity index (χ2v) is 5.67. The van der Waals surface area contributed by atoms with Crippen LogP contribution in [0.2, 0.25) is 0 Å². The Morgan fingerprint density at radius 2 is 1.78 bits per heavy atom. The number of hydrogen-bond acceptors (Lipinski definition) is 3. The van der Waals surface area contributed by atoms with Crippen LogP contribution in [0.25, 0.3) is 0 Å². The molecule has 0 radical (unpaired) electrons. The molecule has 3 rings (SSSR count). The quantitative estimate of drug-likeness (QED) is 0.691. The second-order valence-electron chi connectivity index (χ2n) is 5.67. The zero-order valence-corrected chi connectivity index (χ0v) is 14.0. The first-order valence-electron chi connectivity index (χ1n) is 8.03. The number of ether oxygens (including phenoxy) is 1. The molecule has 1 amide bonds. The Balaban J connectivity index is 1.62. The summed E-state index contributed by atoms with van der Waals surface area (Å²) in [6, 6.07) is 16.8. The van der Waals surface area contributed by atoms with E-state index in [1.54, 1.807) is 12.1 Å². The third-order valence-corrected chi connectivity index (χ3v) is 3.66. The lowest BCUT2D eigenvalue weighted by atomic mass is 10.2. The number of carbonyl (C=O) groups is 1. The van der Waals surface area contributed by atoms with E-state index in [1.165, 1.54) is 18.3 Å². The van der Waals surface area contributed by atoms with Gasteiger partial charge in [-0.3, -0.25) is 9.78 Å². The summed E-state index contributed by atoms with van der Waals surface area (Å²) in [6.07, 6.45) is -3.12. The highest BCUT2D eigenvalue weighted by Gasteiger charge is 2.30. The van der Waals surface area contributed by atoms with Crippen molar-refractivity contribution in [3.05, 3.63) is 89.7 Å². The van der Waals surface area contributed by atoms with Gasteiger partial charge in [0.2, 0.25) is 0 Å². The molecule has 0 aliphatic heterocycles. The van der Waals surface area contributed by atoms with Gasteiger partial charge in [-0.05, 0) is 42.5 Å². The topological polar surface area (TPSA) is 51.2 Å². The van der Waals surface area contributed by atoms with Gasteiger partial charge in [-0.2, -0.15) is 13.2 Å². The van der Waals surface area contributed by atoms with Gasteiger partial charge in [-0.25, -0.2) is 0 Å². The molecule has 4 nitrogen and oxygen atoms in total. The predicted octanol–water partition coefficient (Wildman–Crippen LogP) is 4.93. The molecule has 3 aromatic rings. The van der Waals surface area contributed by atoms with Gasteiger partial charge in [0.1, 0.15) is 12.4 Å². The number of hydrogen-bond donors (Lipinski definition) is 1. The van der Waals surface area contributed by atoms with Crippen LogP contribution in [0.5, 0.6) is 5.75 Å². The van der Waals surface area contributed by atoms with Gasteiger partial charge in [0, 0.05) is 11.9 Å². The lowest BCUT2D eigenvalue weighted by Crippen LogP contribution is -2.13. The van der Waals surface area contributed by atoms with E-state index in [4.69, 9.17) is 4.74 Å². The lowest BCUT2D eigenvalue weighted by molar-refractivity contribution is -0.137. The highest BCUT2D eigenvalue weighted by atomic mass is 19.4. The maximum Gasteiger partial charge on any atom is 0.416 e. The summed E-state index contributed by atoms with van der Waals surface area (Å²) < 4.78 is 43.8. The van der Waals surface area contributed by atoms with Crippen LogP contribution in [0, 0.1) is 0 Å². The Kier molecular flexibility index (Phi) is 5.40. The molecule has 1 aromatic heterocycles. The number of halogens is 3. The first-order valence-corrected chi connectivity index (χ1v) is 8.03. The number of anilines is 1. The number of nitrogens with one attached hydrogen (secondary N) is 1. The summed E-state index contributed by atoms with van der Waals surface area (Å²) in [7, 11) is 0. The molecule has 27 heavy (non-hydrogen) atoms. The zero-order chi connectivity index (χ0) is 19.3. The fraction of sp³-hybridized carbons (Fsp3) is 0.100. The van der Waals surface area contributed by atoms with Gasteiger partial charge in [0.25, 0.3) is 5.91 Å². The minimum atomic E-state index is -4.47. The van der Waals surface area contributed by atoms with Gasteiger partial charge >= 0.3 is 6.18 Å². The number of benzene rings is 2. The molecule has 0 aliphatic rings. The van der Waals surface area contributed by atoms with Crippen LogP contribution >= 0.6 is 0 Å². The number of alkyl halides is 3. The number of rotatable bonds is 5. The number of pyridine rings is 1. The zero-order valence-electron chi connectivity index (χ0n) is 14.0. The highest BCUT2D eigenvalue weighted by Crippen LogP contribution is 2.30. The fourth-order valence-corrected chi connectivity index (χ4v) is 2.29. The molecule has 1 heterocycles. The van der Waals surface area contributed by atoms with Gasteiger partial charge in [-0.15, -0.1) is 0 Å². The standard InChI is InChI=1S/C20H15F3N2O2/c21-20(22,23)15-5-4-6-16(11-15)25-19(26)14-9-10-17(24-12-14)13-27-18-7-2-1-3-8-18/h1-12H,13H2,(H,25,26). The largest absolute Gasteiger partial charge is 0.487 e. The van der Waals surface area contributed by atoms with Crippen molar-refractivity contribution in [3.8, 4) is 5.75 Å². The maximum absolute atomic E-state index is 12.7. The molecule has 0 unspecified atom stereocenters. The van der Waals surface area contributed by atoms with E-state index in [-0.39, 0.29) is 17.9 Å². The van der Waals surface area contributed by atoms with Gasteiger partial charge < -0.3 is 10.1 Å². The molecule has 0 saturated heterocycles. The number of aromatic nitrogens is 1. The smallest absolute Gasteiger partial charge is 0.416 e. The summed E-state index contributed by atoms with van der Waals surface area (Å²) >= 11 is 0. The van der Waals surface area contributed by atoms with E-state index in [1.807, 2.05) is 30.3 Å². The first-order chi connectivity index (χ1) is 12.9. The average molecular weight is 372 g/mol. The third-order valence-electron chi connectivity index (χ3n) is 3.66. The highest BCUT2D eigenvalue weighted by molar-refractivity contribution is 6.04. The fourth-order valence-electron chi connectivity index (χ4n) is 2.29. The molecule has 0 aliphatic carbocycles. The van der Waals surface area contributed by atoms with Crippen molar-refractivity contribution in [2.24, 2.45) is 0 Å². The normalized spacial score (nSPS) is 11.1. The molecular weight excluding hydrogens is 357 g/mol. The van der Waals surface area contributed by atoms with Crippen molar-refractivity contribution in [1.29, 1.82) is 0 Å². The van der Waals surface area contributed by atoms with E-state index in [0.717, 1.165) is 12.1 Å². The minimum Gasteiger partial charge on any atom is -0.487 e. The summed E-state index contributed by atoms with van der Waals surface area (Å²) in [6.45, 7) is 0.236. The van der Waals surface area contributed by atoms with Crippen LogP contribution in [-0.4, -0.2) is 10.9 Å². The summed E-state index contributed by atoms with van der Waals surface area (Å²) in [5, 5.41) is 2.44. The Bertz CT molecular complexity index is 911. The average Bonchev–Trinajstić information content (AvgIpc) is 2.67. The van der Waals surface area contributed by atoms with E-state index >= 15 is 0 Å². The Labute approximate surface area is 153 Å². The molecule has 138 valence electrons. The molecule has 0 atom stereocenters. The van der Waals surface area contributed by atoms with Crippen LogP contribution in [0.4, 0.5) is 18.9 Å². The SMILES string of the molecule is O=C(Nc1cccc(C(F)(F)F)c1)c1ccc(COc2ccccc2)nc1. The van der Waals surface area contributed by atoms with Crippen LogP contribution < -0.4 is 10.1 Å². The van der Waals surface area contributed by atoms with Crippen LogP contribution in [0.1, 0.15) is 21.6 Å². The van der Waals surface area contributed by atoms with E-state index in [0.29, 0.717) is 11.4 Å². The third kappa shape index (κ3) is 5.07. The monoisotopic (exact) mass is 372 g/mol. The molecule has 0 fully saturated rings. The number of para-hydroxylation sites is 1. The Morgan fingerprint density at radius 3 is 2.44 bits per heavy atom. The first kappa shape index (κ1) is 18.4. The van der Waals surface area contributed by atoms with Crippen LogP contribution in [-0.2, 0) is 12.8 Å². The number of carbonyl (C=O) groups excluding carboxylic acids is 1. The minimum absolute atomic E-state index is 0.0614. The van der Waals surface area contributed by atoms with E-state index < -0.39 is 17.6 Å². The van der Waals surface area contributed by atoms with E-state index in [9.17, 15) is 18.0 Å². The predicted molar refractivity (Wildman–Crippen MR) is 94.4 cm³/mol. The Hall–Kier alpha value is -3.35. The lowest BCUT2D eigenvalue weighted by Gasteiger charge is -2.10. The molecule has 1 N–H and O–H groups in total. The van der Waals surface area contributed by atoms with Crippen molar-refractivity contribution in [3.63, 3.8) is 0 Å². The molecule has 0 saturated carbocycles. The van der Waals surface area contributed by atoms with Gasteiger partial charge in [0.05, 0.1) is 16.8 Å². The van der Waals surface area contributed by atoms with Crippen molar-refractivity contribution in [1.82, 2.24) is 4.98 Å². The molecule has 2 aromatic carbocycles. The van der Waals surface area contributed by atoms with Gasteiger partial charge in [-0.1, -0.05) is 24.3 Å². The van der Waals surface area contributed by atoms with Crippen molar-refractivity contribution < 1.29 is 22.7 Å². The van der Waals surface area contributed by atoms with Crippen molar-refractivity contribution in [2.45, 2.75) is 12.8 Å². The van der Waals surface area contributed by atoms with Crippen LogP contribution in [0.3, 0.4) is 0 Å². The van der Waals surface area contributed by atoms with Gasteiger partial charge in [0.15, 0.2) is 0 Å². The maximum atomic E-state index is 12.7. The molecule has 7 heteroatoms. The number of amides is 1.